The smallest absolute Gasteiger partial charge is 0.260 e. The van der Waals surface area contributed by atoms with Crippen molar-refractivity contribution in [3.63, 3.8) is 0 Å². The van der Waals surface area contributed by atoms with Crippen LogP contribution in [-0.2, 0) is 17.6 Å². The Morgan fingerprint density at radius 2 is 2.15 bits per heavy atom. The maximum atomic E-state index is 12.6. The normalized spacial score (nSPS) is 17.9. The van der Waals surface area contributed by atoms with E-state index in [-0.39, 0.29) is 23.3 Å². The number of aryl methyl sites for hydroxylation is 1. The van der Waals surface area contributed by atoms with E-state index in [1.807, 2.05) is 6.92 Å². The fraction of sp³-hybridized carbons (Fsp3) is 0.650. The molecule has 3 rings (SSSR count). The summed E-state index contributed by atoms with van der Waals surface area (Å²) in [5.41, 5.74) is 1.12. The lowest BCUT2D eigenvalue weighted by Gasteiger charge is -2.17. The Balaban J connectivity index is 1.64. The molecule has 1 aliphatic carbocycles. The highest BCUT2D eigenvalue weighted by Crippen LogP contribution is 2.36. The predicted molar refractivity (Wildman–Crippen MR) is 114 cm³/mol. The van der Waals surface area contributed by atoms with Gasteiger partial charge in [-0.3, -0.25) is 9.59 Å². The van der Waals surface area contributed by atoms with Gasteiger partial charge in [0, 0.05) is 10.9 Å². The van der Waals surface area contributed by atoms with Gasteiger partial charge in [-0.05, 0) is 56.4 Å². The van der Waals surface area contributed by atoms with Gasteiger partial charge in [0.1, 0.15) is 4.83 Å². The van der Waals surface area contributed by atoms with Crippen LogP contribution in [0.4, 0.5) is 0 Å². The molecule has 2 N–H and O–H groups in total. The maximum absolute atomic E-state index is 12.6. The summed E-state index contributed by atoms with van der Waals surface area (Å²) in [6.07, 6.45) is 5.21. The van der Waals surface area contributed by atoms with Gasteiger partial charge in [0.25, 0.3) is 5.56 Å². The average molecular weight is 408 g/mol. The molecule has 0 saturated carbocycles. The van der Waals surface area contributed by atoms with Crippen LogP contribution in [0, 0.1) is 11.8 Å². The van der Waals surface area contributed by atoms with E-state index < -0.39 is 0 Å². The van der Waals surface area contributed by atoms with Crippen LogP contribution in [0.25, 0.3) is 10.2 Å². The van der Waals surface area contributed by atoms with Crippen LogP contribution in [0.3, 0.4) is 0 Å². The van der Waals surface area contributed by atoms with E-state index in [9.17, 15) is 9.59 Å². The van der Waals surface area contributed by atoms with E-state index in [1.54, 1.807) is 11.3 Å². The van der Waals surface area contributed by atoms with E-state index in [1.165, 1.54) is 22.2 Å². The van der Waals surface area contributed by atoms with E-state index in [2.05, 4.69) is 36.1 Å². The second kappa shape index (κ2) is 8.78. The number of carbonyl (C=O) groups is 1. The monoisotopic (exact) mass is 407 g/mol. The third-order valence-electron chi connectivity index (χ3n) is 5.07. The Kier molecular flexibility index (Phi) is 6.63. The number of thiophene rings is 1. The number of hydrogen-bond donors (Lipinski definition) is 2. The molecule has 0 aliphatic heterocycles. The van der Waals surface area contributed by atoms with Gasteiger partial charge in [-0.15, -0.1) is 11.3 Å². The molecule has 2 aromatic rings. The number of rotatable bonds is 7. The topological polar surface area (TPSA) is 74.8 Å². The van der Waals surface area contributed by atoms with Crippen LogP contribution < -0.4 is 10.9 Å². The van der Waals surface area contributed by atoms with Crippen molar-refractivity contribution in [3.05, 3.63) is 20.8 Å². The van der Waals surface area contributed by atoms with Gasteiger partial charge in [-0.2, -0.15) is 0 Å². The van der Waals surface area contributed by atoms with Crippen molar-refractivity contribution in [1.82, 2.24) is 15.3 Å². The number of thioether (sulfide) groups is 1. The van der Waals surface area contributed by atoms with Gasteiger partial charge in [0.2, 0.25) is 5.91 Å². The van der Waals surface area contributed by atoms with Crippen molar-refractivity contribution >= 4 is 39.2 Å². The molecule has 0 bridgehead atoms. The molecular weight excluding hydrogens is 378 g/mol. The largest absolute Gasteiger partial charge is 0.353 e. The minimum absolute atomic E-state index is 0.0155. The Hall–Kier alpha value is -1.34. The zero-order chi connectivity index (χ0) is 19.6. The highest BCUT2D eigenvalue weighted by molar-refractivity contribution is 7.99. The highest BCUT2D eigenvalue weighted by Gasteiger charge is 2.23. The maximum Gasteiger partial charge on any atom is 0.260 e. The molecule has 0 aromatic carbocycles. The fourth-order valence-electron chi connectivity index (χ4n) is 3.50. The molecule has 7 heteroatoms. The highest BCUT2D eigenvalue weighted by atomic mass is 32.2. The Labute approximate surface area is 168 Å². The average Bonchev–Trinajstić information content (AvgIpc) is 2.95. The van der Waals surface area contributed by atoms with Crippen LogP contribution in [0.5, 0.6) is 0 Å². The summed E-state index contributed by atoms with van der Waals surface area (Å²) in [6.45, 7) is 8.67. The summed E-state index contributed by atoms with van der Waals surface area (Å²) in [5, 5.41) is 4.32. The summed E-state index contributed by atoms with van der Waals surface area (Å²) in [6, 6.07) is 0.168. The van der Waals surface area contributed by atoms with Crippen molar-refractivity contribution in [1.29, 1.82) is 0 Å². The summed E-state index contributed by atoms with van der Waals surface area (Å²) < 4.78 is 0. The van der Waals surface area contributed by atoms with Gasteiger partial charge in [-0.25, -0.2) is 4.98 Å². The second-order valence-electron chi connectivity index (χ2n) is 8.13. The minimum atomic E-state index is -0.0692. The first-order valence-electron chi connectivity index (χ1n) is 9.80. The summed E-state index contributed by atoms with van der Waals surface area (Å²) >= 11 is 2.94. The summed E-state index contributed by atoms with van der Waals surface area (Å²) in [7, 11) is 0. The number of nitrogens with zero attached hydrogens (tertiary/aromatic N) is 1. The molecule has 0 unspecified atom stereocenters. The SMILES string of the molecule is CC(C)CC[C@H](C)NC(=O)CSc1nc2sc3c(c2c(=O)[nH]1)CC[C@@H](C)C3. The van der Waals surface area contributed by atoms with Crippen LogP contribution in [0.1, 0.15) is 57.4 Å². The number of aromatic nitrogens is 2. The molecule has 27 heavy (non-hydrogen) atoms. The van der Waals surface area contributed by atoms with E-state index in [0.29, 0.717) is 17.0 Å². The lowest BCUT2D eigenvalue weighted by Crippen LogP contribution is -2.34. The van der Waals surface area contributed by atoms with Crippen molar-refractivity contribution in [3.8, 4) is 0 Å². The number of aromatic amines is 1. The lowest BCUT2D eigenvalue weighted by molar-refractivity contribution is -0.119. The lowest BCUT2D eigenvalue weighted by atomic mass is 9.89. The van der Waals surface area contributed by atoms with Crippen LogP contribution >= 0.6 is 23.1 Å². The van der Waals surface area contributed by atoms with Crippen LogP contribution in [0.2, 0.25) is 0 Å². The first kappa shape index (κ1) is 20.4. The molecule has 2 heterocycles. The molecule has 0 saturated heterocycles. The Morgan fingerprint density at radius 1 is 1.37 bits per heavy atom. The number of H-pyrrole nitrogens is 1. The summed E-state index contributed by atoms with van der Waals surface area (Å²) in [4.78, 5) is 34.4. The summed E-state index contributed by atoms with van der Waals surface area (Å²) in [5.74, 6) is 1.56. The molecule has 148 valence electrons. The number of hydrogen-bond acceptors (Lipinski definition) is 5. The fourth-order valence-corrected chi connectivity index (χ4v) is 5.62. The van der Waals surface area contributed by atoms with Crippen molar-refractivity contribution < 1.29 is 4.79 Å². The zero-order valence-corrected chi connectivity index (χ0v) is 18.2. The van der Waals surface area contributed by atoms with Gasteiger partial charge < -0.3 is 10.3 Å². The standard InChI is InChI=1S/C20H29N3O2S2/c1-11(2)5-7-13(4)21-16(24)10-26-20-22-18(25)17-14-8-6-12(3)9-15(14)27-19(17)23-20/h11-13H,5-10H2,1-4H3,(H,21,24)(H,22,23,25)/t12-,13+/m1/s1. The first-order valence-corrected chi connectivity index (χ1v) is 11.6. The first-order chi connectivity index (χ1) is 12.8. The van der Waals surface area contributed by atoms with Gasteiger partial charge in [0.15, 0.2) is 5.16 Å². The predicted octanol–water partition coefficient (Wildman–Crippen LogP) is 4.14. The van der Waals surface area contributed by atoms with Crippen molar-refractivity contribution in [2.75, 3.05) is 5.75 Å². The molecule has 0 fully saturated rings. The van der Waals surface area contributed by atoms with Gasteiger partial charge in [-0.1, -0.05) is 32.5 Å². The number of amides is 1. The van der Waals surface area contributed by atoms with E-state index in [0.717, 1.165) is 42.3 Å². The van der Waals surface area contributed by atoms with Crippen LogP contribution in [0.15, 0.2) is 9.95 Å². The molecule has 0 spiro atoms. The van der Waals surface area contributed by atoms with Crippen LogP contribution in [-0.4, -0.2) is 27.7 Å². The van der Waals surface area contributed by atoms with Crippen molar-refractivity contribution in [2.24, 2.45) is 11.8 Å². The molecule has 1 aliphatic rings. The van der Waals surface area contributed by atoms with Crippen molar-refractivity contribution in [2.45, 2.75) is 71.0 Å². The third-order valence-corrected chi connectivity index (χ3v) is 7.09. The molecule has 5 nitrogen and oxygen atoms in total. The molecule has 1 amide bonds. The number of fused-ring (bicyclic) bond motifs is 3. The van der Waals surface area contributed by atoms with E-state index >= 15 is 0 Å². The van der Waals surface area contributed by atoms with Gasteiger partial charge in [0.05, 0.1) is 11.1 Å². The third kappa shape index (κ3) is 5.13. The Morgan fingerprint density at radius 3 is 2.89 bits per heavy atom. The molecule has 2 aromatic heterocycles. The number of nitrogens with one attached hydrogen (secondary N) is 2. The number of carbonyl (C=O) groups excluding carboxylic acids is 1. The minimum Gasteiger partial charge on any atom is -0.353 e. The van der Waals surface area contributed by atoms with Gasteiger partial charge >= 0.3 is 0 Å². The zero-order valence-electron chi connectivity index (χ0n) is 16.6. The van der Waals surface area contributed by atoms with E-state index in [4.69, 9.17) is 0 Å². The molecular formula is C20H29N3O2S2. The molecule has 2 atom stereocenters. The Bertz CT molecular complexity index is 872. The molecule has 0 radical (unpaired) electrons. The second-order valence-corrected chi connectivity index (χ2v) is 10.2. The quantitative estimate of drug-likeness (QED) is 0.534.